The van der Waals surface area contributed by atoms with E-state index in [1.807, 2.05) is 13.8 Å². The molecule has 3 heterocycles. The van der Waals surface area contributed by atoms with Crippen LogP contribution in [-0.2, 0) is 17.8 Å². The second-order valence-electron chi connectivity index (χ2n) is 7.72. The van der Waals surface area contributed by atoms with Crippen molar-refractivity contribution in [2.45, 2.75) is 46.6 Å². The van der Waals surface area contributed by atoms with Gasteiger partial charge in [-0.05, 0) is 44.2 Å². The maximum absolute atomic E-state index is 12.8. The first-order chi connectivity index (χ1) is 14.0. The lowest BCUT2D eigenvalue weighted by molar-refractivity contribution is -0.125. The average Bonchev–Trinajstić information content (AvgIpc) is 3.12. The number of amides is 1. The molecule has 1 aliphatic rings. The first-order valence-electron chi connectivity index (χ1n) is 10.3. The lowest BCUT2D eigenvalue weighted by atomic mass is 9.96. The Balaban J connectivity index is 1.45. The molecule has 3 aromatic rings. The topological polar surface area (TPSA) is 84.2 Å². The van der Waals surface area contributed by atoms with Crippen molar-refractivity contribution in [1.82, 2.24) is 20.4 Å². The van der Waals surface area contributed by atoms with Crippen LogP contribution in [0.1, 0.15) is 42.4 Å². The number of nitrogens with one attached hydrogen (secondary N) is 1. The molecule has 1 fully saturated rings. The van der Waals surface area contributed by atoms with Gasteiger partial charge in [-0.3, -0.25) is 4.79 Å². The predicted octanol–water partition coefficient (Wildman–Crippen LogP) is 3.33. The Morgan fingerprint density at radius 2 is 1.97 bits per heavy atom. The third-order valence-corrected chi connectivity index (χ3v) is 5.59. The van der Waals surface area contributed by atoms with Crippen molar-refractivity contribution in [3.63, 3.8) is 0 Å². The van der Waals surface area contributed by atoms with E-state index in [4.69, 9.17) is 4.52 Å². The van der Waals surface area contributed by atoms with Gasteiger partial charge in [0.05, 0.1) is 11.6 Å². The molecule has 29 heavy (non-hydrogen) atoms. The molecule has 1 aromatic carbocycles. The summed E-state index contributed by atoms with van der Waals surface area (Å²) in [5.41, 5.74) is 3.71. The summed E-state index contributed by atoms with van der Waals surface area (Å²) in [5, 5.41) is 7.98. The Bertz CT molecular complexity index is 1010. The van der Waals surface area contributed by atoms with Gasteiger partial charge in [0.1, 0.15) is 17.0 Å². The summed E-state index contributed by atoms with van der Waals surface area (Å²) in [4.78, 5) is 24.0. The van der Waals surface area contributed by atoms with Crippen molar-refractivity contribution in [3.05, 3.63) is 46.9 Å². The molecule has 1 aliphatic heterocycles. The molecular formula is C22H27N5O2. The van der Waals surface area contributed by atoms with Gasteiger partial charge in [0.25, 0.3) is 5.71 Å². The summed E-state index contributed by atoms with van der Waals surface area (Å²) in [6.45, 7) is 7.93. The molecule has 1 unspecified atom stereocenters. The molecule has 152 valence electrons. The van der Waals surface area contributed by atoms with Gasteiger partial charge in [0.15, 0.2) is 0 Å². The van der Waals surface area contributed by atoms with Crippen molar-refractivity contribution in [1.29, 1.82) is 0 Å². The van der Waals surface area contributed by atoms with Gasteiger partial charge < -0.3 is 14.7 Å². The van der Waals surface area contributed by atoms with Crippen LogP contribution in [0.5, 0.6) is 0 Å². The van der Waals surface area contributed by atoms with Gasteiger partial charge in [-0.2, -0.15) is 4.98 Å². The molecule has 7 nitrogen and oxygen atoms in total. The lowest BCUT2D eigenvalue weighted by Crippen LogP contribution is -2.43. The molecular weight excluding hydrogens is 366 g/mol. The third-order valence-electron chi connectivity index (χ3n) is 5.59. The fourth-order valence-electron chi connectivity index (χ4n) is 3.91. The van der Waals surface area contributed by atoms with Crippen LogP contribution < -0.4 is 10.2 Å². The van der Waals surface area contributed by atoms with Crippen LogP contribution in [0.25, 0.3) is 11.1 Å². The highest BCUT2D eigenvalue weighted by atomic mass is 16.5. The quantitative estimate of drug-likeness (QED) is 0.716. The zero-order valence-corrected chi connectivity index (χ0v) is 17.2. The zero-order valence-electron chi connectivity index (χ0n) is 17.2. The molecule has 0 saturated carbocycles. The van der Waals surface area contributed by atoms with E-state index in [1.54, 1.807) is 0 Å². The van der Waals surface area contributed by atoms with E-state index in [1.165, 1.54) is 5.56 Å². The number of nitrogens with zero attached hydrogens (tertiary/aromatic N) is 4. The van der Waals surface area contributed by atoms with E-state index < -0.39 is 0 Å². The minimum atomic E-state index is -0.0656. The maximum Gasteiger partial charge on any atom is 0.263 e. The van der Waals surface area contributed by atoms with Crippen LogP contribution in [-0.4, -0.2) is 34.1 Å². The van der Waals surface area contributed by atoms with E-state index >= 15 is 0 Å². The van der Waals surface area contributed by atoms with Crippen LogP contribution in [0.4, 0.5) is 5.82 Å². The summed E-state index contributed by atoms with van der Waals surface area (Å²) in [6.07, 6.45) is 2.84. The monoisotopic (exact) mass is 393 g/mol. The number of aryl methyl sites for hydroxylation is 3. The van der Waals surface area contributed by atoms with Crippen LogP contribution in [0.3, 0.4) is 0 Å². The normalized spacial score (nSPS) is 16.9. The first-order valence-corrected chi connectivity index (χ1v) is 10.3. The van der Waals surface area contributed by atoms with Gasteiger partial charge in [-0.25, -0.2) is 4.98 Å². The summed E-state index contributed by atoms with van der Waals surface area (Å²) in [5.74, 6) is 1.49. The highest BCUT2D eigenvalue weighted by molar-refractivity contribution is 5.88. The van der Waals surface area contributed by atoms with Crippen molar-refractivity contribution in [3.8, 4) is 0 Å². The van der Waals surface area contributed by atoms with Gasteiger partial charge in [0, 0.05) is 19.6 Å². The van der Waals surface area contributed by atoms with Crippen LogP contribution in [0.15, 0.2) is 28.8 Å². The Labute approximate surface area is 170 Å². The van der Waals surface area contributed by atoms with Gasteiger partial charge in [-0.1, -0.05) is 36.3 Å². The second kappa shape index (κ2) is 8.19. The van der Waals surface area contributed by atoms with E-state index in [0.717, 1.165) is 48.3 Å². The van der Waals surface area contributed by atoms with Gasteiger partial charge >= 0.3 is 0 Å². The number of fused-ring (bicyclic) bond motifs is 1. The number of anilines is 1. The number of rotatable bonds is 5. The number of hydrogen-bond acceptors (Lipinski definition) is 6. The van der Waals surface area contributed by atoms with E-state index in [9.17, 15) is 4.79 Å². The molecule has 1 atom stereocenters. The van der Waals surface area contributed by atoms with Gasteiger partial charge in [0.2, 0.25) is 5.91 Å². The summed E-state index contributed by atoms with van der Waals surface area (Å²) >= 11 is 0. The predicted molar refractivity (Wildman–Crippen MR) is 112 cm³/mol. The zero-order chi connectivity index (χ0) is 20.4. The summed E-state index contributed by atoms with van der Waals surface area (Å²) in [7, 11) is 0. The molecule has 0 aliphatic carbocycles. The minimum absolute atomic E-state index is 0.0656. The Morgan fingerprint density at radius 3 is 2.72 bits per heavy atom. The molecule has 0 spiro atoms. The number of carbonyl (C=O) groups excluding carboxylic acids is 1. The number of piperidine rings is 1. The van der Waals surface area contributed by atoms with Crippen LogP contribution in [0.2, 0.25) is 0 Å². The molecule has 7 heteroatoms. The van der Waals surface area contributed by atoms with E-state index in [-0.39, 0.29) is 11.8 Å². The minimum Gasteiger partial charge on any atom is -0.355 e. The van der Waals surface area contributed by atoms with Crippen molar-refractivity contribution in [2.75, 3.05) is 18.0 Å². The second-order valence-corrected chi connectivity index (χ2v) is 7.72. The van der Waals surface area contributed by atoms with Crippen molar-refractivity contribution < 1.29 is 9.32 Å². The number of benzene rings is 1. The molecule has 0 radical (unpaired) electrons. The highest BCUT2D eigenvalue weighted by Crippen LogP contribution is 2.30. The maximum atomic E-state index is 12.8. The smallest absolute Gasteiger partial charge is 0.263 e. The molecule has 2 aromatic heterocycles. The fraction of sp³-hybridized carbons (Fsp3) is 0.455. The SMILES string of the molecule is CCc1ccc(CNC(=O)C2CCCN(c3nc(C)nc4onc(C)c34)C2)cc1. The van der Waals surface area contributed by atoms with Crippen LogP contribution in [0, 0.1) is 19.8 Å². The Kier molecular flexibility index (Phi) is 5.47. The third kappa shape index (κ3) is 4.09. The molecule has 1 saturated heterocycles. The lowest BCUT2D eigenvalue weighted by Gasteiger charge is -2.33. The standard InChI is InChI=1S/C22H27N5O2/c1-4-16-7-9-17(10-8-16)12-23-21(28)18-6-5-11-27(13-18)20-19-14(2)26-29-22(19)25-15(3)24-20/h7-10,18H,4-6,11-13H2,1-3H3,(H,23,28). The van der Waals surface area contributed by atoms with Crippen molar-refractivity contribution >= 4 is 22.8 Å². The summed E-state index contributed by atoms with van der Waals surface area (Å²) in [6, 6.07) is 8.41. The van der Waals surface area contributed by atoms with Crippen molar-refractivity contribution in [2.24, 2.45) is 5.92 Å². The molecule has 1 amide bonds. The van der Waals surface area contributed by atoms with Gasteiger partial charge in [-0.15, -0.1) is 0 Å². The number of carbonyl (C=O) groups is 1. The van der Waals surface area contributed by atoms with E-state index in [2.05, 4.69) is 56.5 Å². The largest absolute Gasteiger partial charge is 0.355 e. The average molecular weight is 393 g/mol. The molecule has 0 bridgehead atoms. The Hall–Kier alpha value is -2.96. The number of hydrogen-bond donors (Lipinski definition) is 1. The highest BCUT2D eigenvalue weighted by Gasteiger charge is 2.28. The van der Waals surface area contributed by atoms with E-state index in [0.29, 0.717) is 24.6 Å². The molecule has 1 N–H and O–H groups in total. The summed E-state index contributed by atoms with van der Waals surface area (Å²) < 4.78 is 5.33. The first kappa shape index (κ1) is 19.4. The molecule has 4 rings (SSSR count). The number of aromatic nitrogens is 3. The van der Waals surface area contributed by atoms with Crippen LogP contribution >= 0.6 is 0 Å². The Morgan fingerprint density at radius 1 is 1.21 bits per heavy atom. The fourth-order valence-corrected chi connectivity index (χ4v) is 3.91.